The third-order valence-corrected chi connectivity index (χ3v) is 2.92. The Bertz CT molecular complexity index is 540. The molecule has 100 valence electrons. The minimum absolute atomic E-state index is 0.225. The van der Waals surface area contributed by atoms with Crippen LogP contribution in [0, 0.1) is 0 Å². The summed E-state index contributed by atoms with van der Waals surface area (Å²) in [6, 6.07) is 0. The van der Waals surface area contributed by atoms with E-state index in [1.54, 1.807) is 0 Å². The van der Waals surface area contributed by atoms with Crippen molar-refractivity contribution in [3.05, 3.63) is 5.69 Å². The fourth-order valence-corrected chi connectivity index (χ4v) is 2.10. The van der Waals surface area contributed by atoms with Crippen molar-refractivity contribution >= 4 is 17.1 Å². The monoisotopic (exact) mass is 251 g/mol. The van der Waals surface area contributed by atoms with Gasteiger partial charge in [0.1, 0.15) is 5.52 Å². The lowest BCUT2D eigenvalue weighted by Crippen LogP contribution is -2.13. The number of rotatable bonds is 5. The first-order valence-electron chi connectivity index (χ1n) is 6.33. The standard InChI is InChI=1S/C12H21N5O/c1-5-9-10-11(16(4)15-9)17(12(13)14-10)6-7-18-8(2)3/h8H,5-7H2,1-4H3,(H2,13,14). The number of imidazole rings is 1. The van der Waals surface area contributed by atoms with Crippen LogP contribution in [-0.4, -0.2) is 32.0 Å². The SMILES string of the molecule is CCc1nn(C)c2c1nc(N)n2CCOC(C)C. The summed E-state index contributed by atoms with van der Waals surface area (Å²) in [7, 11) is 1.92. The molecule has 2 N–H and O–H groups in total. The Hall–Kier alpha value is -1.56. The lowest BCUT2D eigenvalue weighted by molar-refractivity contribution is 0.0734. The summed E-state index contributed by atoms with van der Waals surface area (Å²) in [6.45, 7) is 7.43. The molecule has 0 aromatic carbocycles. The molecule has 18 heavy (non-hydrogen) atoms. The van der Waals surface area contributed by atoms with Gasteiger partial charge in [-0.15, -0.1) is 0 Å². The van der Waals surface area contributed by atoms with Gasteiger partial charge in [0.2, 0.25) is 5.95 Å². The van der Waals surface area contributed by atoms with Crippen LogP contribution in [0.5, 0.6) is 0 Å². The molecule has 0 spiro atoms. The quantitative estimate of drug-likeness (QED) is 0.870. The van der Waals surface area contributed by atoms with Crippen molar-refractivity contribution in [2.75, 3.05) is 12.3 Å². The molecule has 0 fully saturated rings. The van der Waals surface area contributed by atoms with E-state index in [-0.39, 0.29) is 6.10 Å². The topological polar surface area (TPSA) is 70.9 Å². The molecule has 0 amide bonds. The van der Waals surface area contributed by atoms with Crippen molar-refractivity contribution in [1.82, 2.24) is 19.3 Å². The summed E-state index contributed by atoms with van der Waals surface area (Å²) in [4.78, 5) is 4.40. The predicted molar refractivity (Wildman–Crippen MR) is 71.4 cm³/mol. The summed E-state index contributed by atoms with van der Waals surface area (Å²) in [5.74, 6) is 0.528. The van der Waals surface area contributed by atoms with Gasteiger partial charge in [0.15, 0.2) is 5.65 Å². The van der Waals surface area contributed by atoms with Crippen LogP contribution in [0.1, 0.15) is 26.5 Å². The number of nitrogens with two attached hydrogens (primary N) is 1. The zero-order valence-electron chi connectivity index (χ0n) is 11.5. The Morgan fingerprint density at radius 2 is 2.11 bits per heavy atom. The highest BCUT2D eigenvalue weighted by Gasteiger charge is 2.16. The largest absolute Gasteiger partial charge is 0.377 e. The molecule has 0 unspecified atom stereocenters. The van der Waals surface area contributed by atoms with Crippen LogP contribution in [0.15, 0.2) is 0 Å². The highest BCUT2D eigenvalue weighted by molar-refractivity contribution is 5.77. The van der Waals surface area contributed by atoms with Crippen molar-refractivity contribution < 1.29 is 4.74 Å². The van der Waals surface area contributed by atoms with Gasteiger partial charge in [-0.05, 0) is 20.3 Å². The lowest BCUT2D eigenvalue weighted by atomic mass is 10.3. The minimum atomic E-state index is 0.225. The zero-order chi connectivity index (χ0) is 13.3. The van der Waals surface area contributed by atoms with Crippen LogP contribution in [0.2, 0.25) is 0 Å². The van der Waals surface area contributed by atoms with Crippen molar-refractivity contribution in [1.29, 1.82) is 0 Å². The van der Waals surface area contributed by atoms with Crippen molar-refractivity contribution in [3.63, 3.8) is 0 Å². The van der Waals surface area contributed by atoms with Crippen LogP contribution in [0.25, 0.3) is 11.2 Å². The Labute approximate surface area is 107 Å². The van der Waals surface area contributed by atoms with E-state index in [0.29, 0.717) is 19.1 Å². The van der Waals surface area contributed by atoms with Gasteiger partial charge < -0.3 is 10.5 Å². The number of aromatic nitrogens is 4. The van der Waals surface area contributed by atoms with E-state index in [0.717, 1.165) is 23.3 Å². The molecular formula is C12H21N5O. The molecule has 2 heterocycles. The summed E-state index contributed by atoms with van der Waals surface area (Å²) in [5.41, 5.74) is 8.82. The van der Waals surface area contributed by atoms with Crippen LogP contribution in [-0.2, 0) is 24.8 Å². The molecule has 0 aliphatic heterocycles. The first-order valence-corrected chi connectivity index (χ1v) is 6.33. The van der Waals surface area contributed by atoms with Gasteiger partial charge in [0.05, 0.1) is 24.9 Å². The average molecular weight is 251 g/mol. The number of hydrogen-bond donors (Lipinski definition) is 1. The van der Waals surface area contributed by atoms with Crippen molar-refractivity contribution in [3.8, 4) is 0 Å². The number of hydrogen-bond acceptors (Lipinski definition) is 4. The third-order valence-electron chi connectivity index (χ3n) is 2.92. The molecule has 0 aliphatic rings. The first kappa shape index (κ1) is 12.9. The Morgan fingerprint density at radius 1 is 1.39 bits per heavy atom. The van der Waals surface area contributed by atoms with E-state index in [1.807, 2.05) is 30.1 Å². The molecule has 6 heteroatoms. The van der Waals surface area contributed by atoms with Gasteiger partial charge in [-0.3, -0.25) is 9.25 Å². The second-order valence-corrected chi connectivity index (χ2v) is 4.64. The molecule has 0 bridgehead atoms. The minimum Gasteiger partial charge on any atom is -0.377 e. The molecule has 0 atom stereocenters. The Balaban J connectivity index is 2.31. The Kier molecular flexibility index (Phi) is 3.56. The van der Waals surface area contributed by atoms with E-state index < -0.39 is 0 Å². The van der Waals surface area contributed by atoms with Gasteiger partial charge in [-0.25, -0.2) is 4.98 Å². The fraction of sp³-hybridized carbons (Fsp3) is 0.667. The molecule has 2 rings (SSSR count). The van der Waals surface area contributed by atoms with Crippen LogP contribution in [0.4, 0.5) is 5.95 Å². The van der Waals surface area contributed by atoms with E-state index in [4.69, 9.17) is 10.5 Å². The highest BCUT2D eigenvalue weighted by Crippen LogP contribution is 2.21. The summed E-state index contributed by atoms with van der Waals surface area (Å²) in [5, 5.41) is 4.45. The van der Waals surface area contributed by atoms with E-state index >= 15 is 0 Å². The van der Waals surface area contributed by atoms with E-state index in [1.165, 1.54) is 0 Å². The molecular weight excluding hydrogens is 230 g/mol. The maximum absolute atomic E-state index is 5.96. The molecule has 0 saturated carbocycles. The molecule has 0 saturated heterocycles. The summed E-state index contributed by atoms with van der Waals surface area (Å²) >= 11 is 0. The first-order chi connectivity index (χ1) is 8.54. The number of fused-ring (bicyclic) bond motifs is 1. The normalized spacial score (nSPS) is 11.8. The molecule has 2 aromatic heterocycles. The predicted octanol–water partition coefficient (Wildman–Crippen LogP) is 1.34. The van der Waals surface area contributed by atoms with Gasteiger partial charge in [-0.1, -0.05) is 6.92 Å². The van der Waals surface area contributed by atoms with E-state index in [9.17, 15) is 0 Å². The molecule has 6 nitrogen and oxygen atoms in total. The second-order valence-electron chi connectivity index (χ2n) is 4.64. The maximum Gasteiger partial charge on any atom is 0.202 e. The second kappa shape index (κ2) is 4.97. The number of ether oxygens (including phenoxy) is 1. The van der Waals surface area contributed by atoms with Gasteiger partial charge in [0, 0.05) is 7.05 Å². The van der Waals surface area contributed by atoms with Crippen molar-refractivity contribution in [2.24, 2.45) is 7.05 Å². The third kappa shape index (κ3) is 2.20. The van der Waals surface area contributed by atoms with Gasteiger partial charge >= 0.3 is 0 Å². The van der Waals surface area contributed by atoms with Gasteiger partial charge in [0.25, 0.3) is 0 Å². The summed E-state index contributed by atoms with van der Waals surface area (Å²) < 4.78 is 9.36. The van der Waals surface area contributed by atoms with Gasteiger partial charge in [-0.2, -0.15) is 5.10 Å². The number of aryl methyl sites for hydroxylation is 2. The number of anilines is 1. The number of nitrogens with zero attached hydrogens (tertiary/aromatic N) is 4. The van der Waals surface area contributed by atoms with E-state index in [2.05, 4.69) is 17.0 Å². The van der Waals surface area contributed by atoms with Crippen LogP contribution in [0.3, 0.4) is 0 Å². The maximum atomic E-state index is 5.96. The van der Waals surface area contributed by atoms with Crippen molar-refractivity contribution in [2.45, 2.75) is 39.8 Å². The van der Waals surface area contributed by atoms with Crippen LogP contribution >= 0.6 is 0 Å². The average Bonchev–Trinajstić information content (AvgIpc) is 2.77. The molecule has 0 aliphatic carbocycles. The summed E-state index contributed by atoms with van der Waals surface area (Å²) in [6.07, 6.45) is 1.08. The number of nitrogen functional groups attached to an aromatic ring is 1. The Morgan fingerprint density at radius 3 is 2.72 bits per heavy atom. The lowest BCUT2D eigenvalue weighted by Gasteiger charge is -2.09. The fourth-order valence-electron chi connectivity index (χ4n) is 2.10. The molecule has 0 radical (unpaired) electrons. The zero-order valence-corrected chi connectivity index (χ0v) is 11.5. The smallest absolute Gasteiger partial charge is 0.202 e. The highest BCUT2D eigenvalue weighted by atomic mass is 16.5. The van der Waals surface area contributed by atoms with Crippen LogP contribution < -0.4 is 5.73 Å². The molecule has 2 aromatic rings.